The fourth-order valence-electron chi connectivity index (χ4n) is 4.44. The molecule has 0 saturated heterocycles. The van der Waals surface area contributed by atoms with Gasteiger partial charge in [-0.25, -0.2) is 8.42 Å². The molecule has 0 spiro atoms. The third-order valence-electron chi connectivity index (χ3n) is 6.18. The van der Waals surface area contributed by atoms with Crippen molar-refractivity contribution in [3.05, 3.63) is 101 Å². The van der Waals surface area contributed by atoms with Gasteiger partial charge in [0.25, 0.3) is 0 Å². The van der Waals surface area contributed by atoms with Crippen molar-refractivity contribution in [2.45, 2.75) is 31.7 Å². The molecule has 1 aliphatic heterocycles. The van der Waals surface area contributed by atoms with E-state index in [1.54, 1.807) is 16.4 Å². The zero-order valence-corrected chi connectivity index (χ0v) is 19.1. The molecule has 0 bridgehead atoms. The highest BCUT2D eigenvalue weighted by atomic mass is 32.2. The predicted octanol–water partition coefficient (Wildman–Crippen LogP) is 5.63. The van der Waals surface area contributed by atoms with E-state index in [0.29, 0.717) is 24.4 Å². The molecule has 0 atom stereocenters. The second-order valence-electron chi connectivity index (χ2n) is 8.44. The molecule has 2 heterocycles. The molecule has 1 aliphatic rings. The summed E-state index contributed by atoms with van der Waals surface area (Å²) in [7, 11) is -3.54. The van der Waals surface area contributed by atoms with Gasteiger partial charge in [-0.1, -0.05) is 59.7 Å². The molecular formula is C27H26N2O2S. The van der Waals surface area contributed by atoms with Crippen LogP contribution in [0.1, 0.15) is 27.9 Å². The minimum Gasteiger partial charge on any atom is -0.320 e. The first-order valence-corrected chi connectivity index (χ1v) is 12.3. The van der Waals surface area contributed by atoms with E-state index in [0.717, 1.165) is 27.6 Å². The molecule has 0 saturated carbocycles. The van der Waals surface area contributed by atoms with E-state index < -0.39 is 10.0 Å². The lowest BCUT2D eigenvalue weighted by Crippen LogP contribution is -2.36. The lowest BCUT2D eigenvalue weighted by molar-refractivity contribution is 0.390. The predicted molar refractivity (Wildman–Crippen MR) is 131 cm³/mol. The Hall–Kier alpha value is -3.15. The van der Waals surface area contributed by atoms with Crippen LogP contribution in [-0.4, -0.2) is 23.8 Å². The molecule has 3 aromatic carbocycles. The maximum absolute atomic E-state index is 13.3. The monoisotopic (exact) mass is 442 g/mol. The minimum atomic E-state index is -3.54. The zero-order chi connectivity index (χ0) is 22.3. The van der Waals surface area contributed by atoms with E-state index in [2.05, 4.69) is 54.1 Å². The molecule has 0 radical (unpaired) electrons. The molecule has 5 heteroatoms. The van der Waals surface area contributed by atoms with Crippen molar-refractivity contribution in [1.82, 2.24) is 8.87 Å². The van der Waals surface area contributed by atoms with Crippen LogP contribution < -0.4 is 0 Å². The minimum absolute atomic E-state index is 0.357. The molecule has 0 aliphatic carbocycles. The van der Waals surface area contributed by atoms with Gasteiger partial charge < -0.3 is 4.57 Å². The Morgan fingerprint density at radius 3 is 2.34 bits per heavy atom. The largest absolute Gasteiger partial charge is 0.320 e. The number of benzene rings is 3. The lowest BCUT2D eigenvalue weighted by atomic mass is 10.0. The molecule has 4 nitrogen and oxygen atoms in total. The van der Waals surface area contributed by atoms with Crippen LogP contribution in [0, 0.1) is 13.8 Å². The number of nitrogens with zero attached hydrogens (tertiary/aromatic N) is 2. The summed E-state index contributed by atoms with van der Waals surface area (Å²) in [6.07, 6.45) is 4.89. The molecular weight excluding hydrogens is 416 g/mol. The fraction of sp³-hybridized carbons (Fsp3) is 0.185. The molecule has 0 fully saturated rings. The third kappa shape index (κ3) is 3.68. The second-order valence-corrected chi connectivity index (χ2v) is 10.4. The Bertz CT molecular complexity index is 1420. The Balaban J connectivity index is 1.57. The SMILES string of the molecule is Cc1ccc(S(=O)(=O)N2CCc3c(c4cc(C)ccc4n3C=Cc3ccccc3)C2)cc1. The van der Waals surface area contributed by atoms with Crippen LogP contribution in [0.2, 0.25) is 0 Å². The van der Waals surface area contributed by atoms with Crippen LogP contribution in [-0.2, 0) is 23.0 Å². The summed E-state index contributed by atoms with van der Waals surface area (Å²) in [6.45, 7) is 4.89. The van der Waals surface area contributed by atoms with Gasteiger partial charge in [0.2, 0.25) is 10.0 Å². The van der Waals surface area contributed by atoms with Crippen LogP contribution in [0.4, 0.5) is 0 Å². The lowest BCUT2D eigenvalue weighted by Gasteiger charge is -2.27. The van der Waals surface area contributed by atoms with Crippen molar-refractivity contribution < 1.29 is 8.42 Å². The van der Waals surface area contributed by atoms with E-state index >= 15 is 0 Å². The molecule has 32 heavy (non-hydrogen) atoms. The maximum Gasteiger partial charge on any atom is 0.243 e. The Morgan fingerprint density at radius 2 is 1.59 bits per heavy atom. The smallest absolute Gasteiger partial charge is 0.243 e. The summed E-state index contributed by atoms with van der Waals surface area (Å²) in [5, 5.41) is 1.13. The van der Waals surface area contributed by atoms with E-state index in [-0.39, 0.29) is 0 Å². The summed E-state index contributed by atoms with van der Waals surface area (Å²) in [4.78, 5) is 0.357. The number of aryl methyl sites for hydroxylation is 2. The zero-order valence-electron chi connectivity index (χ0n) is 18.3. The van der Waals surface area contributed by atoms with Crippen LogP contribution in [0.15, 0.2) is 77.7 Å². The number of aromatic nitrogens is 1. The topological polar surface area (TPSA) is 42.3 Å². The molecule has 0 unspecified atom stereocenters. The van der Waals surface area contributed by atoms with Crippen molar-refractivity contribution in [3.63, 3.8) is 0 Å². The second kappa shape index (κ2) is 8.08. The quantitative estimate of drug-likeness (QED) is 0.411. The fourth-order valence-corrected chi connectivity index (χ4v) is 5.85. The van der Waals surface area contributed by atoms with Crippen LogP contribution in [0.25, 0.3) is 23.2 Å². The molecule has 5 rings (SSSR count). The number of fused-ring (bicyclic) bond motifs is 3. The average molecular weight is 443 g/mol. The van der Waals surface area contributed by atoms with Gasteiger partial charge in [0.05, 0.1) is 10.4 Å². The molecule has 162 valence electrons. The van der Waals surface area contributed by atoms with Gasteiger partial charge in [0.1, 0.15) is 0 Å². The average Bonchev–Trinajstić information content (AvgIpc) is 3.11. The Labute approximate surface area is 189 Å². The normalized spacial score (nSPS) is 14.8. The standard InChI is InChI=1S/C27H26N2O2S/c1-20-8-11-23(12-9-20)32(30,31)28-16-15-27-25(19-28)24-18-21(2)10-13-26(24)29(27)17-14-22-6-4-3-5-7-22/h3-14,17-18H,15-16,19H2,1-2H3. The number of hydrogen-bond acceptors (Lipinski definition) is 2. The summed E-state index contributed by atoms with van der Waals surface area (Å²) < 4.78 is 30.5. The highest BCUT2D eigenvalue weighted by Crippen LogP contribution is 2.34. The third-order valence-corrected chi connectivity index (χ3v) is 8.04. The van der Waals surface area contributed by atoms with Crippen LogP contribution in [0.5, 0.6) is 0 Å². The van der Waals surface area contributed by atoms with E-state index in [1.807, 2.05) is 37.3 Å². The van der Waals surface area contributed by atoms with Crippen molar-refractivity contribution in [2.24, 2.45) is 0 Å². The van der Waals surface area contributed by atoms with Crippen molar-refractivity contribution in [3.8, 4) is 0 Å². The van der Waals surface area contributed by atoms with E-state index in [4.69, 9.17) is 0 Å². The Kier molecular flexibility index (Phi) is 5.24. The molecule has 4 aromatic rings. The highest BCUT2D eigenvalue weighted by Gasteiger charge is 2.31. The van der Waals surface area contributed by atoms with Gasteiger partial charge in [-0.3, -0.25) is 0 Å². The van der Waals surface area contributed by atoms with Gasteiger partial charge in [0.15, 0.2) is 0 Å². The number of hydrogen-bond donors (Lipinski definition) is 0. The van der Waals surface area contributed by atoms with Crippen molar-refractivity contribution in [1.29, 1.82) is 0 Å². The molecule has 0 amide bonds. The van der Waals surface area contributed by atoms with Gasteiger partial charge in [0, 0.05) is 36.8 Å². The summed E-state index contributed by atoms with van der Waals surface area (Å²) in [5.74, 6) is 0. The number of sulfonamides is 1. The number of rotatable bonds is 4. The van der Waals surface area contributed by atoms with Crippen molar-refractivity contribution in [2.75, 3.05) is 6.54 Å². The van der Waals surface area contributed by atoms with Gasteiger partial charge in [-0.2, -0.15) is 4.31 Å². The summed E-state index contributed by atoms with van der Waals surface area (Å²) in [5.41, 5.74) is 6.75. The first-order chi connectivity index (χ1) is 15.4. The van der Waals surface area contributed by atoms with Crippen LogP contribution >= 0.6 is 0 Å². The van der Waals surface area contributed by atoms with Crippen LogP contribution in [0.3, 0.4) is 0 Å². The van der Waals surface area contributed by atoms with Gasteiger partial charge in [-0.15, -0.1) is 0 Å². The molecule has 1 aromatic heterocycles. The van der Waals surface area contributed by atoms with Gasteiger partial charge in [-0.05, 0) is 55.3 Å². The highest BCUT2D eigenvalue weighted by molar-refractivity contribution is 7.89. The van der Waals surface area contributed by atoms with Gasteiger partial charge >= 0.3 is 0 Å². The first-order valence-electron chi connectivity index (χ1n) is 10.9. The Morgan fingerprint density at radius 1 is 0.875 bits per heavy atom. The summed E-state index contributed by atoms with van der Waals surface area (Å²) in [6, 6.07) is 23.8. The van der Waals surface area contributed by atoms with E-state index in [9.17, 15) is 8.42 Å². The molecule has 0 N–H and O–H groups in total. The summed E-state index contributed by atoms with van der Waals surface area (Å²) >= 11 is 0. The van der Waals surface area contributed by atoms with E-state index in [1.165, 1.54) is 11.3 Å². The van der Waals surface area contributed by atoms with Crippen molar-refractivity contribution >= 4 is 33.2 Å². The first kappa shape index (κ1) is 20.7. The maximum atomic E-state index is 13.3.